The van der Waals surface area contributed by atoms with E-state index in [0.717, 1.165) is 44.2 Å². The second kappa shape index (κ2) is 9.28. The molecule has 3 heterocycles. The zero-order valence-electron chi connectivity index (χ0n) is 17.3. The van der Waals surface area contributed by atoms with Crippen LogP contribution in [0.3, 0.4) is 0 Å². The molecular weight excluding hydrogens is 406 g/mol. The van der Waals surface area contributed by atoms with Gasteiger partial charge in [-0.3, -0.25) is 9.69 Å². The van der Waals surface area contributed by atoms with Crippen LogP contribution in [0.2, 0.25) is 0 Å². The maximum atomic E-state index is 12.8. The number of carbonyl (C=O) groups excluding carboxylic acids is 1. The fraction of sp³-hybridized carbons (Fsp3) is 0.524. The van der Waals surface area contributed by atoms with Crippen LogP contribution in [0.1, 0.15) is 16.9 Å². The fourth-order valence-corrected chi connectivity index (χ4v) is 5.46. The molecule has 30 heavy (non-hydrogen) atoms. The summed E-state index contributed by atoms with van der Waals surface area (Å²) in [4.78, 5) is 15.3. The molecule has 0 bridgehead atoms. The molecule has 9 heteroatoms. The maximum absolute atomic E-state index is 12.8. The van der Waals surface area contributed by atoms with Crippen molar-refractivity contribution in [3.05, 3.63) is 30.0 Å². The first kappa shape index (κ1) is 21.0. The van der Waals surface area contributed by atoms with Crippen LogP contribution in [0.25, 0.3) is 11.3 Å². The van der Waals surface area contributed by atoms with Gasteiger partial charge in [0.2, 0.25) is 0 Å². The third-order valence-electron chi connectivity index (χ3n) is 5.76. The number of benzene rings is 1. The number of hydrogen-bond donors (Lipinski definition) is 1. The van der Waals surface area contributed by atoms with E-state index in [1.807, 2.05) is 11.8 Å². The Hall–Kier alpha value is -2.23. The van der Waals surface area contributed by atoms with Crippen molar-refractivity contribution in [1.82, 2.24) is 15.4 Å². The molecule has 1 aromatic carbocycles. The highest BCUT2D eigenvalue weighted by atomic mass is 32.2. The average molecular weight is 434 g/mol. The SMILES string of the molecule is COc1ccc(OC)c(-c2cc(C(=O)NCC3(N4CCOCC4)CCSC3)no2)c1. The van der Waals surface area contributed by atoms with Gasteiger partial charge >= 0.3 is 0 Å². The van der Waals surface area contributed by atoms with Crippen molar-refractivity contribution in [2.24, 2.45) is 0 Å². The molecule has 2 aromatic rings. The molecule has 1 amide bonds. The number of nitrogens with zero attached hydrogens (tertiary/aromatic N) is 2. The Morgan fingerprint density at radius 3 is 2.80 bits per heavy atom. The lowest BCUT2D eigenvalue weighted by Gasteiger charge is -2.42. The zero-order valence-corrected chi connectivity index (χ0v) is 18.1. The molecule has 2 aliphatic rings. The third kappa shape index (κ3) is 4.28. The molecule has 1 unspecified atom stereocenters. The molecule has 0 radical (unpaired) electrons. The second-order valence-corrected chi connectivity index (χ2v) is 8.56. The van der Waals surface area contributed by atoms with Gasteiger partial charge in [0.05, 0.1) is 33.0 Å². The smallest absolute Gasteiger partial charge is 0.273 e. The minimum Gasteiger partial charge on any atom is -0.497 e. The number of thioether (sulfide) groups is 1. The maximum Gasteiger partial charge on any atom is 0.273 e. The Morgan fingerprint density at radius 2 is 2.10 bits per heavy atom. The van der Waals surface area contributed by atoms with Crippen molar-refractivity contribution in [3.8, 4) is 22.8 Å². The Kier molecular flexibility index (Phi) is 6.50. The van der Waals surface area contributed by atoms with E-state index >= 15 is 0 Å². The molecule has 2 fully saturated rings. The number of nitrogens with one attached hydrogen (secondary N) is 1. The van der Waals surface area contributed by atoms with E-state index in [9.17, 15) is 4.79 Å². The molecule has 8 nitrogen and oxygen atoms in total. The molecule has 0 spiro atoms. The van der Waals surface area contributed by atoms with E-state index in [4.69, 9.17) is 18.7 Å². The predicted octanol–water partition coefficient (Wildman–Crippen LogP) is 2.30. The van der Waals surface area contributed by atoms with Crippen molar-refractivity contribution in [1.29, 1.82) is 0 Å². The van der Waals surface area contributed by atoms with E-state index in [1.54, 1.807) is 38.5 Å². The normalized spacial score (nSPS) is 22.1. The van der Waals surface area contributed by atoms with Crippen LogP contribution in [0.15, 0.2) is 28.8 Å². The van der Waals surface area contributed by atoms with Gasteiger partial charge in [0.15, 0.2) is 11.5 Å². The summed E-state index contributed by atoms with van der Waals surface area (Å²) in [7, 11) is 3.18. The van der Waals surface area contributed by atoms with E-state index in [0.29, 0.717) is 29.4 Å². The number of rotatable bonds is 7. The van der Waals surface area contributed by atoms with E-state index in [-0.39, 0.29) is 17.1 Å². The molecule has 0 aliphatic carbocycles. The van der Waals surface area contributed by atoms with Gasteiger partial charge < -0.3 is 24.1 Å². The largest absolute Gasteiger partial charge is 0.497 e. The van der Waals surface area contributed by atoms with Crippen LogP contribution in [-0.4, -0.2) is 80.1 Å². The number of amides is 1. The lowest BCUT2D eigenvalue weighted by molar-refractivity contribution is -0.0129. The molecular formula is C21H27N3O5S. The molecule has 162 valence electrons. The summed E-state index contributed by atoms with van der Waals surface area (Å²) in [5.74, 6) is 3.62. The van der Waals surface area contributed by atoms with Gasteiger partial charge in [-0.1, -0.05) is 5.16 Å². The number of carbonyl (C=O) groups is 1. The van der Waals surface area contributed by atoms with Gasteiger partial charge in [-0.2, -0.15) is 11.8 Å². The summed E-state index contributed by atoms with van der Waals surface area (Å²) < 4.78 is 21.6. The van der Waals surface area contributed by atoms with Gasteiger partial charge in [0.25, 0.3) is 5.91 Å². The first-order valence-corrected chi connectivity index (χ1v) is 11.2. The van der Waals surface area contributed by atoms with Crippen LogP contribution in [0.5, 0.6) is 11.5 Å². The van der Waals surface area contributed by atoms with Crippen molar-refractivity contribution in [2.45, 2.75) is 12.0 Å². The summed E-state index contributed by atoms with van der Waals surface area (Å²) in [6.45, 7) is 3.88. The molecule has 1 N–H and O–H groups in total. The second-order valence-electron chi connectivity index (χ2n) is 7.45. The molecule has 1 aromatic heterocycles. The highest BCUT2D eigenvalue weighted by Crippen LogP contribution is 2.35. The van der Waals surface area contributed by atoms with Crippen molar-refractivity contribution < 1.29 is 23.5 Å². The van der Waals surface area contributed by atoms with Crippen molar-refractivity contribution in [3.63, 3.8) is 0 Å². The molecule has 2 saturated heterocycles. The Bertz CT molecular complexity index is 875. The summed E-state index contributed by atoms with van der Waals surface area (Å²) in [6, 6.07) is 7.03. The van der Waals surface area contributed by atoms with Crippen LogP contribution < -0.4 is 14.8 Å². The number of morpholine rings is 1. The van der Waals surface area contributed by atoms with Gasteiger partial charge in [-0.25, -0.2) is 0 Å². The Morgan fingerprint density at radius 1 is 1.27 bits per heavy atom. The van der Waals surface area contributed by atoms with Gasteiger partial charge in [0.1, 0.15) is 11.5 Å². The van der Waals surface area contributed by atoms with Crippen molar-refractivity contribution >= 4 is 17.7 Å². The minimum atomic E-state index is -0.239. The van der Waals surface area contributed by atoms with Crippen LogP contribution in [0.4, 0.5) is 0 Å². The van der Waals surface area contributed by atoms with Gasteiger partial charge in [-0.15, -0.1) is 0 Å². The summed E-state index contributed by atoms with van der Waals surface area (Å²) in [6.07, 6.45) is 1.06. The van der Waals surface area contributed by atoms with E-state index in [2.05, 4.69) is 15.4 Å². The van der Waals surface area contributed by atoms with Crippen molar-refractivity contribution in [2.75, 3.05) is 58.6 Å². The molecule has 2 aliphatic heterocycles. The number of aromatic nitrogens is 1. The summed E-state index contributed by atoms with van der Waals surface area (Å²) in [5, 5.41) is 7.06. The number of ether oxygens (including phenoxy) is 3. The molecule has 1 atom stereocenters. The Labute approximate surface area is 180 Å². The van der Waals surface area contributed by atoms with Crippen LogP contribution in [0, 0.1) is 0 Å². The number of hydrogen-bond acceptors (Lipinski definition) is 8. The molecule has 4 rings (SSSR count). The highest BCUT2D eigenvalue weighted by molar-refractivity contribution is 7.99. The molecule has 0 saturated carbocycles. The topological polar surface area (TPSA) is 86.1 Å². The standard InChI is InChI=1S/C21H27N3O5S/c1-26-15-3-4-18(27-2)16(11-15)19-12-17(23-29-19)20(25)22-13-21(5-10-30-14-21)24-6-8-28-9-7-24/h3-4,11-12H,5-10,13-14H2,1-2H3,(H,22,25). The lowest BCUT2D eigenvalue weighted by Crippen LogP contribution is -2.59. The monoisotopic (exact) mass is 433 g/mol. The summed E-state index contributed by atoms with van der Waals surface area (Å²) in [5.41, 5.74) is 0.908. The first-order valence-electron chi connectivity index (χ1n) is 10.0. The quantitative estimate of drug-likeness (QED) is 0.712. The number of methoxy groups -OCH3 is 2. The van der Waals surface area contributed by atoms with Gasteiger partial charge in [0, 0.05) is 37.0 Å². The predicted molar refractivity (Wildman–Crippen MR) is 114 cm³/mol. The average Bonchev–Trinajstić information content (AvgIpc) is 3.48. The minimum absolute atomic E-state index is 0.0211. The first-order chi connectivity index (χ1) is 14.6. The van der Waals surface area contributed by atoms with Crippen LogP contribution in [-0.2, 0) is 4.74 Å². The zero-order chi connectivity index (χ0) is 21.0. The highest BCUT2D eigenvalue weighted by Gasteiger charge is 2.41. The van der Waals surface area contributed by atoms with Crippen LogP contribution >= 0.6 is 11.8 Å². The Balaban J connectivity index is 1.47. The summed E-state index contributed by atoms with van der Waals surface area (Å²) >= 11 is 1.94. The lowest BCUT2D eigenvalue weighted by atomic mass is 9.95. The third-order valence-corrected chi connectivity index (χ3v) is 6.99. The van der Waals surface area contributed by atoms with Gasteiger partial charge in [-0.05, 0) is 30.4 Å². The van der Waals surface area contributed by atoms with E-state index in [1.165, 1.54) is 0 Å². The van der Waals surface area contributed by atoms with E-state index < -0.39 is 0 Å². The fourth-order valence-electron chi connectivity index (χ4n) is 3.99.